The van der Waals surface area contributed by atoms with Crippen LogP contribution in [0.3, 0.4) is 0 Å². The lowest BCUT2D eigenvalue weighted by molar-refractivity contribution is -0.132. The van der Waals surface area contributed by atoms with Crippen molar-refractivity contribution < 1.29 is 9.53 Å². The van der Waals surface area contributed by atoms with E-state index in [1.807, 2.05) is 13.8 Å². The summed E-state index contributed by atoms with van der Waals surface area (Å²) in [7, 11) is 0. The summed E-state index contributed by atoms with van der Waals surface area (Å²) in [5, 5.41) is 2.89. The summed E-state index contributed by atoms with van der Waals surface area (Å²) in [5.41, 5.74) is 0. The van der Waals surface area contributed by atoms with Gasteiger partial charge < -0.3 is 10.1 Å². The molecule has 0 spiro atoms. The first-order valence-electron chi connectivity index (χ1n) is 5.17. The first-order chi connectivity index (χ1) is 6.69. The Labute approximate surface area is 90.1 Å². The highest BCUT2D eigenvalue weighted by Crippen LogP contribution is 2.20. The zero-order chi connectivity index (χ0) is 10.6. The number of carbonyl (C=O) groups excluding carboxylic acids is 1. The summed E-state index contributed by atoms with van der Waals surface area (Å²) in [4.78, 5) is 11.7. The van der Waals surface area contributed by atoms with Crippen LogP contribution in [0, 0.1) is 5.92 Å². The van der Waals surface area contributed by atoms with Crippen LogP contribution in [-0.4, -0.2) is 30.5 Å². The molecule has 1 fully saturated rings. The lowest BCUT2D eigenvalue weighted by Crippen LogP contribution is -2.43. The molecule has 1 amide bonds. The zero-order valence-corrected chi connectivity index (χ0v) is 9.51. The highest BCUT2D eigenvalue weighted by Gasteiger charge is 2.31. The Hall–Kier alpha value is -0.280. The van der Waals surface area contributed by atoms with Crippen molar-refractivity contribution in [2.45, 2.75) is 38.8 Å². The molecule has 0 aromatic rings. The molecular formula is C10H18ClNO2. The molecule has 1 heterocycles. The van der Waals surface area contributed by atoms with E-state index in [-0.39, 0.29) is 18.1 Å². The molecule has 1 aliphatic heterocycles. The van der Waals surface area contributed by atoms with Crippen molar-refractivity contribution in [2.75, 3.05) is 12.5 Å². The van der Waals surface area contributed by atoms with E-state index in [1.54, 1.807) is 0 Å². The van der Waals surface area contributed by atoms with E-state index in [0.29, 0.717) is 18.4 Å². The summed E-state index contributed by atoms with van der Waals surface area (Å²) in [6, 6.07) is 0.0700. The summed E-state index contributed by atoms with van der Waals surface area (Å²) in [6.07, 6.45) is 1.55. The Morgan fingerprint density at radius 3 is 2.86 bits per heavy atom. The maximum Gasteiger partial charge on any atom is 0.249 e. The van der Waals surface area contributed by atoms with Crippen molar-refractivity contribution in [3.8, 4) is 0 Å². The topological polar surface area (TPSA) is 38.3 Å². The molecule has 1 rings (SSSR count). The second-order valence-corrected chi connectivity index (χ2v) is 4.13. The molecule has 14 heavy (non-hydrogen) atoms. The number of halogens is 1. The maximum absolute atomic E-state index is 11.7. The third kappa shape index (κ3) is 2.85. The van der Waals surface area contributed by atoms with Gasteiger partial charge in [-0.25, -0.2) is 0 Å². The van der Waals surface area contributed by atoms with Gasteiger partial charge in [-0.2, -0.15) is 0 Å². The van der Waals surface area contributed by atoms with Gasteiger partial charge in [0.25, 0.3) is 0 Å². The van der Waals surface area contributed by atoms with E-state index >= 15 is 0 Å². The third-order valence-corrected chi connectivity index (χ3v) is 3.04. The predicted octanol–water partition coefficient (Wildman–Crippen LogP) is 1.54. The summed E-state index contributed by atoms with van der Waals surface area (Å²) in [5.74, 6) is 0.772. The standard InChI is InChI=1S/C10H18ClNO2/c1-3-8(6-11)12-10(13)9-7(2)4-5-14-9/h7-9H,3-6H2,1-2H3,(H,12,13). The van der Waals surface area contributed by atoms with Gasteiger partial charge in [-0.1, -0.05) is 13.8 Å². The van der Waals surface area contributed by atoms with Crippen LogP contribution in [0.25, 0.3) is 0 Å². The molecule has 0 aliphatic carbocycles. The normalized spacial score (nSPS) is 28.8. The molecule has 3 nitrogen and oxygen atoms in total. The Morgan fingerprint density at radius 2 is 2.43 bits per heavy atom. The number of amides is 1. The van der Waals surface area contributed by atoms with Crippen LogP contribution in [0.15, 0.2) is 0 Å². The second kappa shape index (κ2) is 5.56. The largest absolute Gasteiger partial charge is 0.368 e. The van der Waals surface area contributed by atoms with Crippen LogP contribution in [0.5, 0.6) is 0 Å². The number of ether oxygens (including phenoxy) is 1. The molecule has 0 aromatic heterocycles. The van der Waals surface area contributed by atoms with Crippen molar-refractivity contribution in [1.29, 1.82) is 0 Å². The number of hydrogen-bond donors (Lipinski definition) is 1. The van der Waals surface area contributed by atoms with Crippen molar-refractivity contribution in [3.05, 3.63) is 0 Å². The molecule has 0 saturated carbocycles. The van der Waals surface area contributed by atoms with Gasteiger partial charge in [0, 0.05) is 18.5 Å². The molecule has 0 aromatic carbocycles. The smallest absolute Gasteiger partial charge is 0.249 e. The van der Waals surface area contributed by atoms with Gasteiger partial charge in [0.1, 0.15) is 6.10 Å². The Balaban J connectivity index is 2.40. The molecule has 3 unspecified atom stereocenters. The minimum atomic E-state index is -0.271. The van der Waals surface area contributed by atoms with E-state index in [9.17, 15) is 4.79 Å². The van der Waals surface area contributed by atoms with Gasteiger partial charge in [0.2, 0.25) is 5.91 Å². The Bertz CT molecular complexity index is 195. The third-order valence-electron chi connectivity index (χ3n) is 2.67. The van der Waals surface area contributed by atoms with E-state index in [1.165, 1.54) is 0 Å². The van der Waals surface area contributed by atoms with Crippen LogP contribution in [0.1, 0.15) is 26.7 Å². The predicted molar refractivity (Wildman–Crippen MR) is 56.5 cm³/mol. The van der Waals surface area contributed by atoms with E-state index in [4.69, 9.17) is 16.3 Å². The first-order valence-corrected chi connectivity index (χ1v) is 5.70. The Kier molecular flexibility index (Phi) is 4.69. The zero-order valence-electron chi connectivity index (χ0n) is 8.75. The summed E-state index contributed by atoms with van der Waals surface area (Å²) < 4.78 is 5.36. The highest BCUT2D eigenvalue weighted by molar-refractivity contribution is 6.18. The van der Waals surface area contributed by atoms with Crippen LogP contribution < -0.4 is 5.32 Å². The van der Waals surface area contributed by atoms with E-state index < -0.39 is 0 Å². The average Bonchev–Trinajstić information content (AvgIpc) is 2.60. The fourth-order valence-electron chi connectivity index (χ4n) is 1.56. The molecule has 4 heteroatoms. The van der Waals surface area contributed by atoms with Gasteiger partial charge in [-0.3, -0.25) is 4.79 Å². The fraction of sp³-hybridized carbons (Fsp3) is 0.900. The quantitative estimate of drug-likeness (QED) is 0.729. The van der Waals surface area contributed by atoms with Gasteiger partial charge in [0.15, 0.2) is 0 Å². The van der Waals surface area contributed by atoms with Crippen molar-refractivity contribution in [2.24, 2.45) is 5.92 Å². The minimum absolute atomic E-state index is 0.0116. The number of hydrogen-bond acceptors (Lipinski definition) is 2. The fourth-order valence-corrected chi connectivity index (χ4v) is 1.86. The van der Waals surface area contributed by atoms with Crippen LogP contribution >= 0.6 is 11.6 Å². The number of rotatable bonds is 4. The van der Waals surface area contributed by atoms with Crippen LogP contribution in [0.4, 0.5) is 0 Å². The Morgan fingerprint density at radius 1 is 1.71 bits per heavy atom. The summed E-state index contributed by atoms with van der Waals surface area (Å²) >= 11 is 5.70. The summed E-state index contributed by atoms with van der Waals surface area (Å²) in [6.45, 7) is 4.74. The molecule has 1 aliphatic rings. The SMILES string of the molecule is CCC(CCl)NC(=O)C1OCCC1C. The molecule has 1 saturated heterocycles. The minimum Gasteiger partial charge on any atom is -0.368 e. The van der Waals surface area contributed by atoms with Crippen molar-refractivity contribution in [1.82, 2.24) is 5.32 Å². The molecule has 0 bridgehead atoms. The monoisotopic (exact) mass is 219 g/mol. The van der Waals surface area contributed by atoms with Crippen molar-refractivity contribution in [3.63, 3.8) is 0 Å². The van der Waals surface area contributed by atoms with Crippen molar-refractivity contribution >= 4 is 17.5 Å². The number of alkyl halides is 1. The average molecular weight is 220 g/mol. The second-order valence-electron chi connectivity index (χ2n) is 3.83. The first kappa shape index (κ1) is 11.8. The maximum atomic E-state index is 11.7. The van der Waals surface area contributed by atoms with Gasteiger partial charge in [-0.05, 0) is 18.8 Å². The van der Waals surface area contributed by atoms with Gasteiger partial charge >= 0.3 is 0 Å². The highest BCUT2D eigenvalue weighted by atomic mass is 35.5. The van der Waals surface area contributed by atoms with Gasteiger partial charge in [0.05, 0.1) is 0 Å². The molecule has 0 radical (unpaired) electrons. The lowest BCUT2D eigenvalue weighted by atomic mass is 10.0. The van der Waals surface area contributed by atoms with Crippen LogP contribution in [0.2, 0.25) is 0 Å². The van der Waals surface area contributed by atoms with E-state index in [0.717, 1.165) is 12.8 Å². The lowest BCUT2D eigenvalue weighted by Gasteiger charge is -2.19. The molecule has 1 N–H and O–H groups in total. The molecule has 82 valence electrons. The number of nitrogens with one attached hydrogen (secondary N) is 1. The van der Waals surface area contributed by atoms with Crippen LogP contribution in [-0.2, 0) is 9.53 Å². The van der Waals surface area contributed by atoms with Gasteiger partial charge in [-0.15, -0.1) is 11.6 Å². The number of carbonyl (C=O) groups is 1. The molecule has 3 atom stereocenters. The molecular weight excluding hydrogens is 202 g/mol. The van der Waals surface area contributed by atoms with E-state index in [2.05, 4.69) is 5.32 Å².